The molecular formula is C18H36N4O. The fraction of sp³-hybridized carbons (Fsp3) is 0.944. The highest BCUT2D eigenvalue weighted by molar-refractivity contribution is 5.79. The number of aliphatic imine (C=N–C) groups is 1. The molecular weight excluding hydrogens is 288 g/mol. The summed E-state index contributed by atoms with van der Waals surface area (Å²) in [5, 5.41) is 7.04. The van der Waals surface area contributed by atoms with E-state index < -0.39 is 0 Å². The van der Waals surface area contributed by atoms with Gasteiger partial charge < -0.3 is 15.4 Å². The Morgan fingerprint density at radius 2 is 2.00 bits per heavy atom. The lowest BCUT2D eigenvalue weighted by Gasteiger charge is -2.30. The van der Waals surface area contributed by atoms with Gasteiger partial charge in [-0.15, -0.1) is 0 Å². The van der Waals surface area contributed by atoms with E-state index in [2.05, 4.69) is 27.4 Å². The van der Waals surface area contributed by atoms with Gasteiger partial charge in [-0.2, -0.15) is 0 Å². The molecule has 2 fully saturated rings. The molecule has 2 aliphatic carbocycles. The van der Waals surface area contributed by atoms with Crippen molar-refractivity contribution in [3.05, 3.63) is 0 Å². The van der Waals surface area contributed by atoms with Gasteiger partial charge in [-0.3, -0.25) is 9.89 Å². The monoisotopic (exact) mass is 324 g/mol. The molecule has 5 nitrogen and oxygen atoms in total. The second-order valence-electron chi connectivity index (χ2n) is 7.16. The Kier molecular flexibility index (Phi) is 7.63. The Morgan fingerprint density at radius 3 is 2.57 bits per heavy atom. The van der Waals surface area contributed by atoms with Gasteiger partial charge in [0.2, 0.25) is 0 Å². The van der Waals surface area contributed by atoms with Crippen LogP contribution in [0.1, 0.15) is 51.9 Å². The highest BCUT2D eigenvalue weighted by atomic mass is 16.5. The van der Waals surface area contributed by atoms with Crippen LogP contribution < -0.4 is 10.6 Å². The number of methoxy groups -OCH3 is 1. The number of ether oxygens (including phenoxy) is 1. The van der Waals surface area contributed by atoms with E-state index in [1.807, 2.05) is 7.05 Å². The van der Waals surface area contributed by atoms with Gasteiger partial charge in [-0.1, -0.05) is 19.8 Å². The van der Waals surface area contributed by atoms with E-state index in [0.29, 0.717) is 5.41 Å². The lowest BCUT2D eigenvalue weighted by atomic mass is 9.83. The molecule has 2 saturated carbocycles. The summed E-state index contributed by atoms with van der Waals surface area (Å²) in [5.74, 6) is 0.945. The average molecular weight is 325 g/mol. The van der Waals surface area contributed by atoms with Crippen LogP contribution in [-0.4, -0.2) is 63.8 Å². The smallest absolute Gasteiger partial charge is 0.191 e. The molecule has 2 aliphatic rings. The summed E-state index contributed by atoms with van der Waals surface area (Å²) in [4.78, 5) is 6.96. The van der Waals surface area contributed by atoms with Gasteiger partial charge in [-0.25, -0.2) is 0 Å². The standard InChI is InChI=1S/C18H36N4O/c1-4-22(16-7-8-16)13-12-20-17(19-2)21-15-18(11-14-23-3)9-5-6-10-18/h16H,4-15H2,1-3H3,(H2,19,20,21). The van der Waals surface area contributed by atoms with E-state index in [1.165, 1.54) is 38.5 Å². The maximum atomic E-state index is 5.31. The summed E-state index contributed by atoms with van der Waals surface area (Å²) in [6, 6.07) is 0.840. The van der Waals surface area contributed by atoms with E-state index in [0.717, 1.165) is 51.2 Å². The van der Waals surface area contributed by atoms with Gasteiger partial charge in [0.1, 0.15) is 0 Å². The van der Waals surface area contributed by atoms with Crippen molar-refractivity contribution in [2.75, 3.05) is 46.9 Å². The molecule has 0 amide bonds. The summed E-state index contributed by atoms with van der Waals surface area (Å²) in [7, 11) is 3.67. The van der Waals surface area contributed by atoms with Crippen molar-refractivity contribution in [1.82, 2.24) is 15.5 Å². The van der Waals surface area contributed by atoms with Crippen molar-refractivity contribution >= 4 is 5.96 Å². The second kappa shape index (κ2) is 9.48. The molecule has 0 atom stereocenters. The summed E-state index contributed by atoms with van der Waals surface area (Å²) >= 11 is 0. The van der Waals surface area contributed by atoms with Crippen LogP contribution in [0.4, 0.5) is 0 Å². The predicted molar refractivity (Wildman–Crippen MR) is 97.0 cm³/mol. The molecule has 134 valence electrons. The molecule has 0 unspecified atom stereocenters. The Hall–Kier alpha value is -0.810. The first-order valence-electron chi connectivity index (χ1n) is 9.40. The molecule has 0 aliphatic heterocycles. The number of hydrogen-bond donors (Lipinski definition) is 2. The number of rotatable bonds is 10. The molecule has 2 rings (SSSR count). The fourth-order valence-electron chi connectivity index (χ4n) is 3.81. The average Bonchev–Trinajstić information content (AvgIpc) is 3.31. The zero-order chi connectivity index (χ0) is 16.5. The van der Waals surface area contributed by atoms with Crippen LogP contribution in [0.5, 0.6) is 0 Å². The molecule has 0 aromatic carbocycles. The van der Waals surface area contributed by atoms with Crippen molar-refractivity contribution in [3.63, 3.8) is 0 Å². The highest BCUT2D eigenvalue weighted by Gasteiger charge is 2.33. The van der Waals surface area contributed by atoms with Gasteiger partial charge in [0.25, 0.3) is 0 Å². The van der Waals surface area contributed by atoms with Crippen molar-refractivity contribution in [2.24, 2.45) is 10.4 Å². The lowest BCUT2D eigenvalue weighted by molar-refractivity contribution is 0.138. The van der Waals surface area contributed by atoms with Crippen LogP contribution in [0.3, 0.4) is 0 Å². The summed E-state index contributed by atoms with van der Waals surface area (Å²) in [6.45, 7) is 7.35. The van der Waals surface area contributed by atoms with Crippen LogP contribution in [0, 0.1) is 5.41 Å². The van der Waals surface area contributed by atoms with Gasteiger partial charge >= 0.3 is 0 Å². The number of nitrogens with one attached hydrogen (secondary N) is 2. The van der Waals surface area contributed by atoms with Gasteiger partial charge in [0.05, 0.1) is 0 Å². The Morgan fingerprint density at radius 1 is 1.26 bits per heavy atom. The summed E-state index contributed by atoms with van der Waals surface area (Å²) < 4.78 is 5.31. The molecule has 0 radical (unpaired) electrons. The zero-order valence-electron chi connectivity index (χ0n) is 15.4. The first-order valence-corrected chi connectivity index (χ1v) is 9.40. The van der Waals surface area contributed by atoms with E-state index in [4.69, 9.17) is 4.74 Å². The fourth-order valence-corrected chi connectivity index (χ4v) is 3.81. The zero-order valence-corrected chi connectivity index (χ0v) is 15.4. The molecule has 0 spiro atoms. The number of nitrogens with zero attached hydrogens (tertiary/aromatic N) is 2. The van der Waals surface area contributed by atoms with Crippen molar-refractivity contribution in [3.8, 4) is 0 Å². The molecule has 0 heterocycles. The minimum Gasteiger partial charge on any atom is -0.385 e. The van der Waals surface area contributed by atoms with E-state index in [9.17, 15) is 0 Å². The van der Waals surface area contributed by atoms with Crippen LogP contribution >= 0.6 is 0 Å². The molecule has 0 saturated heterocycles. The largest absolute Gasteiger partial charge is 0.385 e. The molecule has 0 aromatic heterocycles. The minimum atomic E-state index is 0.400. The van der Waals surface area contributed by atoms with Crippen molar-refractivity contribution in [1.29, 1.82) is 0 Å². The first kappa shape index (κ1) is 18.5. The van der Waals surface area contributed by atoms with Crippen LogP contribution in [0.15, 0.2) is 4.99 Å². The SMILES string of the molecule is CCN(CCNC(=NC)NCC1(CCOC)CCCC1)C1CC1. The minimum absolute atomic E-state index is 0.400. The quantitative estimate of drug-likeness (QED) is 0.478. The third-order valence-corrected chi connectivity index (χ3v) is 5.52. The third-order valence-electron chi connectivity index (χ3n) is 5.52. The van der Waals surface area contributed by atoms with Crippen LogP contribution in [0.2, 0.25) is 0 Å². The van der Waals surface area contributed by atoms with Crippen LogP contribution in [-0.2, 0) is 4.74 Å². The number of guanidine groups is 1. The van der Waals surface area contributed by atoms with E-state index in [-0.39, 0.29) is 0 Å². The molecule has 5 heteroatoms. The second-order valence-corrected chi connectivity index (χ2v) is 7.16. The van der Waals surface area contributed by atoms with Gasteiger partial charge in [-0.05, 0) is 44.1 Å². The highest BCUT2D eigenvalue weighted by Crippen LogP contribution is 2.40. The number of hydrogen-bond acceptors (Lipinski definition) is 3. The van der Waals surface area contributed by atoms with E-state index in [1.54, 1.807) is 7.11 Å². The maximum Gasteiger partial charge on any atom is 0.191 e. The van der Waals surface area contributed by atoms with Crippen molar-refractivity contribution in [2.45, 2.75) is 57.9 Å². The summed E-state index contributed by atoms with van der Waals surface area (Å²) in [5.41, 5.74) is 0.400. The normalized spacial score (nSPS) is 21.0. The lowest BCUT2D eigenvalue weighted by Crippen LogP contribution is -2.45. The third kappa shape index (κ3) is 5.96. The molecule has 0 bridgehead atoms. The molecule has 23 heavy (non-hydrogen) atoms. The maximum absolute atomic E-state index is 5.31. The topological polar surface area (TPSA) is 48.9 Å². The Labute approximate surface area is 142 Å². The summed E-state index contributed by atoms with van der Waals surface area (Å²) in [6.07, 6.45) is 9.23. The Bertz CT molecular complexity index is 362. The Balaban J connectivity index is 1.70. The molecule has 2 N–H and O–H groups in total. The van der Waals surface area contributed by atoms with Crippen molar-refractivity contribution < 1.29 is 4.74 Å². The molecule has 0 aromatic rings. The predicted octanol–water partition coefficient (Wildman–Crippen LogP) is 2.23. The van der Waals surface area contributed by atoms with Crippen LogP contribution in [0.25, 0.3) is 0 Å². The van der Waals surface area contributed by atoms with Gasteiger partial charge in [0.15, 0.2) is 5.96 Å². The first-order chi connectivity index (χ1) is 11.2. The van der Waals surface area contributed by atoms with E-state index >= 15 is 0 Å². The van der Waals surface area contributed by atoms with Gasteiger partial charge in [0, 0.05) is 46.4 Å². The number of likely N-dealkylation sites (N-methyl/N-ethyl adjacent to an activating group) is 1.